The van der Waals surface area contributed by atoms with E-state index in [-0.39, 0.29) is 11.7 Å². The first-order valence-corrected chi connectivity index (χ1v) is 7.06. The summed E-state index contributed by atoms with van der Waals surface area (Å²) in [5.74, 6) is 0.192. The van der Waals surface area contributed by atoms with E-state index in [1.807, 2.05) is 24.3 Å². The summed E-state index contributed by atoms with van der Waals surface area (Å²) in [4.78, 5) is 11.6. The number of hydrogen-bond donors (Lipinski definition) is 1. The van der Waals surface area contributed by atoms with E-state index in [0.29, 0.717) is 5.69 Å². The average molecular weight is 290 g/mol. The molecule has 1 aliphatic heterocycles. The molecule has 2 aromatic rings. The molecule has 2 aromatic carbocycles. The molecular weight excluding hydrogens is 279 g/mol. The lowest BCUT2D eigenvalue weighted by molar-refractivity contribution is -0.384. The van der Waals surface area contributed by atoms with Crippen LogP contribution in [0.2, 0.25) is 0 Å². The Morgan fingerprint density at radius 2 is 2.10 bits per heavy atom. The predicted octanol–water partition coefficient (Wildman–Crippen LogP) is 3.99. The first-order chi connectivity index (χ1) is 9.65. The molecule has 6 heteroatoms. The minimum atomic E-state index is -0.608. The molecule has 0 amide bonds. The number of hydrogen-bond acceptors (Lipinski definition) is 4. The van der Waals surface area contributed by atoms with Gasteiger partial charge < -0.3 is 5.32 Å². The van der Waals surface area contributed by atoms with Gasteiger partial charge in [-0.1, -0.05) is 18.2 Å². The Bertz CT molecular complexity index is 678. The van der Waals surface area contributed by atoms with Gasteiger partial charge in [0.1, 0.15) is 11.5 Å². The molecule has 3 rings (SSSR count). The quantitative estimate of drug-likeness (QED) is 0.686. The highest BCUT2D eigenvalue weighted by atomic mass is 32.2. The fourth-order valence-corrected chi connectivity index (χ4v) is 3.41. The third kappa shape index (κ3) is 2.34. The second-order valence-corrected chi connectivity index (χ2v) is 5.53. The van der Waals surface area contributed by atoms with Crippen molar-refractivity contribution < 1.29 is 9.31 Å². The third-order valence-electron chi connectivity index (χ3n) is 3.19. The topological polar surface area (TPSA) is 55.2 Å². The number of nitro groups is 1. The van der Waals surface area contributed by atoms with Crippen LogP contribution in [-0.2, 0) is 0 Å². The van der Waals surface area contributed by atoms with Crippen molar-refractivity contribution in [1.29, 1.82) is 0 Å². The molecule has 0 bridgehead atoms. The number of nitrogens with zero attached hydrogens (tertiary/aromatic N) is 1. The van der Waals surface area contributed by atoms with Gasteiger partial charge >= 0.3 is 0 Å². The van der Waals surface area contributed by atoms with Gasteiger partial charge in [-0.05, 0) is 23.8 Å². The molecule has 0 saturated heterocycles. The summed E-state index contributed by atoms with van der Waals surface area (Å²) in [5, 5.41) is 14.1. The van der Waals surface area contributed by atoms with Crippen LogP contribution in [0, 0.1) is 15.9 Å². The Morgan fingerprint density at radius 3 is 2.90 bits per heavy atom. The zero-order valence-corrected chi connectivity index (χ0v) is 11.2. The lowest BCUT2D eigenvalue weighted by atomic mass is 10.1. The van der Waals surface area contributed by atoms with Crippen molar-refractivity contribution in [2.75, 3.05) is 11.1 Å². The van der Waals surface area contributed by atoms with Gasteiger partial charge in [0.2, 0.25) is 0 Å². The number of anilines is 1. The van der Waals surface area contributed by atoms with Gasteiger partial charge in [-0.15, -0.1) is 11.8 Å². The molecule has 1 unspecified atom stereocenters. The van der Waals surface area contributed by atoms with Crippen molar-refractivity contribution in [2.24, 2.45) is 0 Å². The lowest BCUT2D eigenvalue weighted by Gasteiger charge is -2.14. The molecule has 0 aromatic heterocycles. The first-order valence-electron chi connectivity index (χ1n) is 6.07. The third-order valence-corrected chi connectivity index (χ3v) is 4.37. The summed E-state index contributed by atoms with van der Waals surface area (Å²) in [5.41, 5.74) is 1.23. The molecule has 1 atom stereocenters. The smallest absolute Gasteiger partial charge is 0.295 e. The summed E-state index contributed by atoms with van der Waals surface area (Å²) >= 11 is 1.71. The number of fused-ring (bicyclic) bond motifs is 1. The molecule has 1 heterocycles. The van der Waals surface area contributed by atoms with E-state index < -0.39 is 10.7 Å². The van der Waals surface area contributed by atoms with Crippen molar-refractivity contribution in [2.45, 2.75) is 10.9 Å². The van der Waals surface area contributed by atoms with E-state index in [9.17, 15) is 14.5 Å². The molecule has 0 aliphatic carbocycles. The molecule has 0 fully saturated rings. The minimum absolute atomic E-state index is 0.000334. The number of nitrogens with one attached hydrogen (secondary N) is 1. The second kappa shape index (κ2) is 5.13. The monoisotopic (exact) mass is 290 g/mol. The van der Waals surface area contributed by atoms with E-state index in [1.54, 1.807) is 11.8 Å². The molecule has 102 valence electrons. The number of thioether (sulfide) groups is 1. The van der Waals surface area contributed by atoms with Gasteiger partial charge in [-0.2, -0.15) is 0 Å². The van der Waals surface area contributed by atoms with Crippen molar-refractivity contribution in [3.63, 3.8) is 0 Å². The summed E-state index contributed by atoms with van der Waals surface area (Å²) in [7, 11) is 0. The maximum atomic E-state index is 13.1. The molecule has 4 nitrogen and oxygen atoms in total. The van der Waals surface area contributed by atoms with E-state index in [0.717, 1.165) is 17.4 Å². The summed E-state index contributed by atoms with van der Waals surface area (Å²) in [6.45, 7) is 0. The first kappa shape index (κ1) is 12.9. The molecule has 0 saturated carbocycles. The van der Waals surface area contributed by atoms with Crippen LogP contribution in [0.4, 0.5) is 15.8 Å². The summed E-state index contributed by atoms with van der Waals surface area (Å²) < 4.78 is 13.1. The van der Waals surface area contributed by atoms with Crippen LogP contribution in [-0.4, -0.2) is 10.7 Å². The van der Waals surface area contributed by atoms with E-state index in [2.05, 4.69) is 5.32 Å². The Hall–Kier alpha value is -2.08. The fraction of sp³-hybridized carbons (Fsp3) is 0.143. The SMILES string of the molecule is O=[N+]([O-])c1cc(F)ccc1NC1CSc2ccccc21. The molecular formula is C14H11FN2O2S. The zero-order valence-electron chi connectivity index (χ0n) is 10.4. The van der Waals surface area contributed by atoms with Crippen molar-refractivity contribution in [1.82, 2.24) is 0 Å². The van der Waals surface area contributed by atoms with E-state index >= 15 is 0 Å². The normalized spacial score (nSPS) is 16.8. The maximum Gasteiger partial charge on any atom is 0.295 e. The molecule has 1 aliphatic rings. The Labute approximate surface area is 119 Å². The summed E-state index contributed by atoms with van der Waals surface area (Å²) in [6.07, 6.45) is 0. The highest BCUT2D eigenvalue weighted by molar-refractivity contribution is 7.99. The number of benzene rings is 2. The van der Waals surface area contributed by atoms with Crippen LogP contribution in [0.1, 0.15) is 11.6 Å². The zero-order chi connectivity index (χ0) is 14.1. The van der Waals surface area contributed by atoms with Crippen LogP contribution in [0.25, 0.3) is 0 Å². The number of rotatable bonds is 3. The predicted molar refractivity (Wildman–Crippen MR) is 76.6 cm³/mol. The van der Waals surface area contributed by atoms with Crippen molar-refractivity contribution >= 4 is 23.1 Å². The van der Waals surface area contributed by atoms with E-state index in [4.69, 9.17) is 0 Å². The standard InChI is InChI=1S/C14H11FN2O2S/c15-9-5-6-11(13(7-9)17(18)19)16-12-8-20-14-4-2-1-3-10(12)14/h1-7,12,16H,8H2. The van der Waals surface area contributed by atoms with Gasteiger partial charge in [-0.3, -0.25) is 10.1 Å². The highest BCUT2D eigenvalue weighted by Gasteiger charge is 2.25. The van der Waals surface area contributed by atoms with Crippen molar-refractivity contribution in [3.05, 3.63) is 64.0 Å². The van der Waals surface area contributed by atoms with Gasteiger partial charge in [0.05, 0.1) is 17.0 Å². The largest absolute Gasteiger partial charge is 0.372 e. The Kier molecular flexibility index (Phi) is 3.31. The van der Waals surface area contributed by atoms with Crippen LogP contribution >= 0.6 is 11.8 Å². The number of halogens is 1. The van der Waals surface area contributed by atoms with Crippen LogP contribution in [0.15, 0.2) is 47.4 Å². The average Bonchev–Trinajstić information content (AvgIpc) is 2.84. The van der Waals surface area contributed by atoms with Gasteiger partial charge in [0.15, 0.2) is 0 Å². The Balaban J connectivity index is 1.92. The Morgan fingerprint density at radius 1 is 1.30 bits per heavy atom. The van der Waals surface area contributed by atoms with Gasteiger partial charge in [0, 0.05) is 10.6 Å². The van der Waals surface area contributed by atoms with Gasteiger partial charge in [0.25, 0.3) is 5.69 Å². The second-order valence-electron chi connectivity index (χ2n) is 4.46. The molecule has 20 heavy (non-hydrogen) atoms. The molecule has 0 spiro atoms. The molecule has 0 radical (unpaired) electrons. The minimum Gasteiger partial charge on any atom is -0.372 e. The molecule has 1 N–H and O–H groups in total. The van der Waals surface area contributed by atoms with E-state index in [1.165, 1.54) is 17.0 Å². The number of nitro benzene ring substituents is 1. The summed E-state index contributed by atoms with van der Waals surface area (Å²) in [6, 6.07) is 11.5. The maximum absolute atomic E-state index is 13.1. The van der Waals surface area contributed by atoms with Gasteiger partial charge in [-0.25, -0.2) is 4.39 Å². The van der Waals surface area contributed by atoms with Crippen LogP contribution in [0.5, 0.6) is 0 Å². The van der Waals surface area contributed by atoms with Crippen molar-refractivity contribution in [3.8, 4) is 0 Å². The fourth-order valence-electron chi connectivity index (χ4n) is 2.25. The lowest BCUT2D eigenvalue weighted by Crippen LogP contribution is -2.11. The van der Waals surface area contributed by atoms with Crippen LogP contribution in [0.3, 0.4) is 0 Å². The van der Waals surface area contributed by atoms with Crippen LogP contribution < -0.4 is 5.32 Å². The highest BCUT2D eigenvalue weighted by Crippen LogP contribution is 2.40.